The first-order valence-electron chi connectivity index (χ1n) is 7.99. The van der Waals surface area contributed by atoms with Crippen molar-refractivity contribution in [3.05, 3.63) is 57.8 Å². The number of carbonyl (C=O) groups is 3. The lowest BCUT2D eigenvalue weighted by molar-refractivity contribution is -0.161. The molecule has 1 heterocycles. The van der Waals surface area contributed by atoms with E-state index >= 15 is 0 Å². The molecule has 1 aromatic heterocycles. The van der Waals surface area contributed by atoms with Gasteiger partial charge in [-0.2, -0.15) is 0 Å². The molecule has 0 aliphatic carbocycles. The third-order valence-electron chi connectivity index (χ3n) is 3.65. The zero-order valence-corrected chi connectivity index (χ0v) is 15.2. The molecule has 2 rings (SSSR count). The minimum atomic E-state index is -2.15. The highest BCUT2D eigenvalue weighted by atomic mass is 32.1. The first-order valence-corrected chi connectivity index (χ1v) is 8.81. The number of hydrogen-bond acceptors (Lipinski definition) is 6. The molecule has 0 bridgehead atoms. The molecule has 0 unspecified atom stereocenters. The molecule has 1 aromatic carbocycles. The Morgan fingerprint density at radius 3 is 1.92 bits per heavy atom. The summed E-state index contributed by atoms with van der Waals surface area (Å²) < 4.78 is 10.3. The molecule has 6 heteroatoms. The summed E-state index contributed by atoms with van der Waals surface area (Å²) in [5.74, 6) is -2.47. The number of hydrogen-bond donors (Lipinski definition) is 0. The van der Waals surface area contributed by atoms with E-state index < -0.39 is 23.1 Å². The lowest BCUT2D eigenvalue weighted by Crippen LogP contribution is -2.52. The normalized spacial score (nSPS) is 11.0. The van der Waals surface area contributed by atoms with Gasteiger partial charge in [0.05, 0.1) is 13.2 Å². The van der Waals surface area contributed by atoms with Gasteiger partial charge in [-0.25, -0.2) is 9.59 Å². The molecule has 0 saturated carbocycles. The number of esters is 2. The van der Waals surface area contributed by atoms with Crippen LogP contribution in [0.4, 0.5) is 0 Å². The second kappa shape index (κ2) is 8.07. The van der Waals surface area contributed by atoms with Crippen LogP contribution in [0.25, 0.3) is 0 Å². The van der Waals surface area contributed by atoms with Crippen LogP contribution in [0.1, 0.15) is 34.0 Å². The van der Waals surface area contributed by atoms with Gasteiger partial charge in [-0.15, -0.1) is 11.3 Å². The maximum absolute atomic E-state index is 13.3. The monoisotopic (exact) mass is 360 g/mol. The van der Waals surface area contributed by atoms with Crippen molar-refractivity contribution in [2.75, 3.05) is 13.2 Å². The molecule has 0 aliphatic rings. The van der Waals surface area contributed by atoms with Gasteiger partial charge in [0.15, 0.2) is 5.78 Å². The number of ketones is 1. The van der Waals surface area contributed by atoms with Crippen molar-refractivity contribution in [3.63, 3.8) is 0 Å². The average molecular weight is 360 g/mol. The van der Waals surface area contributed by atoms with Crippen LogP contribution in [0.3, 0.4) is 0 Å². The van der Waals surface area contributed by atoms with Gasteiger partial charge in [-0.05, 0) is 32.9 Å². The third-order valence-corrected chi connectivity index (χ3v) is 4.77. The predicted molar refractivity (Wildman–Crippen MR) is 94.8 cm³/mol. The van der Waals surface area contributed by atoms with Crippen molar-refractivity contribution in [2.45, 2.75) is 26.2 Å². The highest BCUT2D eigenvalue weighted by Gasteiger charge is 2.58. The highest BCUT2D eigenvalue weighted by Crippen LogP contribution is 2.36. The topological polar surface area (TPSA) is 69.7 Å². The summed E-state index contributed by atoms with van der Waals surface area (Å²) >= 11 is 1.20. The van der Waals surface area contributed by atoms with Crippen LogP contribution >= 0.6 is 11.3 Å². The molecule has 2 aromatic rings. The smallest absolute Gasteiger partial charge is 0.337 e. The molecule has 25 heavy (non-hydrogen) atoms. The molecule has 0 saturated heterocycles. The van der Waals surface area contributed by atoms with Crippen molar-refractivity contribution in [3.8, 4) is 0 Å². The van der Waals surface area contributed by atoms with E-state index in [9.17, 15) is 14.4 Å². The van der Waals surface area contributed by atoms with Gasteiger partial charge in [0.1, 0.15) is 0 Å². The maximum atomic E-state index is 13.3. The summed E-state index contributed by atoms with van der Waals surface area (Å²) in [4.78, 5) is 40.2. The summed E-state index contributed by atoms with van der Waals surface area (Å²) in [6.45, 7) is 5.18. The minimum Gasteiger partial charge on any atom is -0.465 e. The first-order chi connectivity index (χ1) is 12.0. The van der Waals surface area contributed by atoms with E-state index in [1.54, 1.807) is 56.3 Å². The lowest BCUT2D eigenvalue weighted by Gasteiger charge is -2.27. The van der Waals surface area contributed by atoms with Crippen molar-refractivity contribution in [1.29, 1.82) is 0 Å². The van der Waals surface area contributed by atoms with E-state index in [2.05, 4.69) is 0 Å². The summed E-state index contributed by atoms with van der Waals surface area (Å²) in [6, 6.07) is 11.6. The zero-order valence-electron chi connectivity index (χ0n) is 14.4. The maximum Gasteiger partial charge on any atom is 0.337 e. The number of ether oxygens (including phenoxy) is 2. The molecular formula is C19H20O5S. The molecule has 0 atom stereocenters. The van der Waals surface area contributed by atoms with Gasteiger partial charge in [-0.1, -0.05) is 30.3 Å². The average Bonchev–Trinajstić information content (AvgIpc) is 3.03. The van der Waals surface area contributed by atoms with E-state index in [1.165, 1.54) is 11.3 Å². The fourth-order valence-corrected chi connectivity index (χ4v) is 3.53. The van der Waals surface area contributed by atoms with Gasteiger partial charge in [0.2, 0.25) is 0 Å². The number of carbonyl (C=O) groups excluding carboxylic acids is 3. The Kier molecular flexibility index (Phi) is 6.09. The SMILES string of the molecule is CCOC(=O)C(C(=O)OCC)(C(=O)c1ccccc1)c1ccc(C)s1. The number of thiophene rings is 1. The van der Waals surface area contributed by atoms with Crippen molar-refractivity contribution < 1.29 is 23.9 Å². The number of aryl methyl sites for hydroxylation is 1. The van der Waals surface area contributed by atoms with Crippen molar-refractivity contribution >= 4 is 29.1 Å². The Bertz CT molecular complexity index is 745. The van der Waals surface area contributed by atoms with Crippen molar-refractivity contribution in [2.24, 2.45) is 0 Å². The largest absolute Gasteiger partial charge is 0.465 e. The van der Waals surface area contributed by atoms with E-state index in [4.69, 9.17) is 9.47 Å². The van der Waals surface area contributed by atoms with Crippen LogP contribution in [-0.2, 0) is 24.5 Å². The summed E-state index contributed by atoms with van der Waals surface area (Å²) in [5.41, 5.74) is -1.90. The van der Waals surface area contributed by atoms with E-state index in [-0.39, 0.29) is 18.8 Å². The number of benzene rings is 1. The lowest BCUT2D eigenvalue weighted by atomic mass is 9.78. The molecule has 0 spiro atoms. The molecule has 0 radical (unpaired) electrons. The van der Waals surface area contributed by atoms with Gasteiger partial charge < -0.3 is 9.47 Å². The molecular weight excluding hydrogens is 340 g/mol. The van der Waals surface area contributed by atoms with Crippen molar-refractivity contribution in [1.82, 2.24) is 0 Å². The van der Waals surface area contributed by atoms with E-state index in [0.717, 1.165) is 4.88 Å². The molecule has 132 valence electrons. The van der Waals surface area contributed by atoms with Crippen LogP contribution in [0.15, 0.2) is 42.5 Å². The van der Waals surface area contributed by atoms with Crippen LogP contribution < -0.4 is 0 Å². The van der Waals surface area contributed by atoms with Gasteiger partial charge >= 0.3 is 11.9 Å². The Hall–Kier alpha value is -2.47. The van der Waals surface area contributed by atoms with E-state index in [1.807, 2.05) is 6.92 Å². The van der Waals surface area contributed by atoms with Gasteiger partial charge in [-0.3, -0.25) is 4.79 Å². The van der Waals surface area contributed by atoms with Gasteiger partial charge in [0.25, 0.3) is 5.41 Å². The Labute approximate surface area is 150 Å². The third kappa shape index (κ3) is 3.49. The van der Waals surface area contributed by atoms with E-state index in [0.29, 0.717) is 4.88 Å². The zero-order chi connectivity index (χ0) is 18.4. The molecule has 0 N–H and O–H groups in total. The Morgan fingerprint density at radius 2 is 1.48 bits per heavy atom. The van der Waals surface area contributed by atoms with Crippen LogP contribution in [0.5, 0.6) is 0 Å². The minimum absolute atomic E-state index is 0.0480. The van der Waals surface area contributed by atoms with Crippen LogP contribution in [-0.4, -0.2) is 30.9 Å². The summed E-state index contributed by atoms with van der Waals surface area (Å²) in [6.07, 6.45) is 0. The predicted octanol–water partition coefficient (Wildman–Crippen LogP) is 3.30. The van der Waals surface area contributed by atoms with Crippen LogP contribution in [0.2, 0.25) is 0 Å². The summed E-state index contributed by atoms with van der Waals surface area (Å²) in [7, 11) is 0. The Balaban J connectivity index is 2.72. The highest BCUT2D eigenvalue weighted by molar-refractivity contribution is 7.12. The molecule has 0 fully saturated rings. The number of rotatable bonds is 7. The number of Topliss-reactive ketones (excluding diaryl/α,β-unsaturated/α-hetero) is 1. The fourth-order valence-electron chi connectivity index (χ4n) is 2.50. The molecule has 5 nitrogen and oxygen atoms in total. The quantitative estimate of drug-likeness (QED) is 0.430. The Morgan fingerprint density at radius 1 is 0.920 bits per heavy atom. The fraction of sp³-hybridized carbons (Fsp3) is 0.316. The summed E-state index contributed by atoms with van der Waals surface area (Å²) in [5, 5.41) is 0. The molecule has 0 aliphatic heterocycles. The second-order valence-electron chi connectivity index (χ2n) is 5.30. The second-order valence-corrected chi connectivity index (χ2v) is 6.58. The van der Waals surface area contributed by atoms with Gasteiger partial charge in [0, 0.05) is 15.3 Å². The molecule has 0 amide bonds. The van der Waals surface area contributed by atoms with Crippen LogP contribution in [0, 0.1) is 6.92 Å². The first kappa shape index (κ1) is 18.9. The standard InChI is InChI=1S/C19H20O5S/c1-4-23-17(21)19(18(22)24-5-2,15-12-11-13(3)25-15)16(20)14-9-7-6-8-10-14/h6-12H,4-5H2,1-3H3.